The molecule has 4 N–H and O–H groups in total. The highest BCUT2D eigenvalue weighted by atomic mass is 16.6. The largest absolute Gasteiger partial charge is 0.481 e. The topological polar surface area (TPSA) is 141 Å². The zero-order chi connectivity index (χ0) is 34.0. The Kier molecular flexibility index (Phi) is 11.5. The normalized spacial score (nSPS) is 35.9. The number of aliphatic carboxylic acids is 1. The molecule has 0 saturated heterocycles. The summed E-state index contributed by atoms with van der Waals surface area (Å²) < 4.78 is 5.50. The molecule has 0 aromatic heterocycles. The van der Waals surface area contributed by atoms with Gasteiger partial charge >= 0.3 is 17.9 Å². The number of hydrogen-bond donors (Lipinski definition) is 4. The summed E-state index contributed by atoms with van der Waals surface area (Å²) in [6.45, 7) is 13.2. The summed E-state index contributed by atoms with van der Waals surface area (Å²) in [6, 6.07) is 0. The summed E-state index contributed by atoms with van der Waals surface area (Å²) in [5.74, 6) is -4.64. The van der Waals surface area contributed by atoms with Crippen molar-refractivity contribution in [1.29, 1.82) is 0 Å². The highest BCUT2D eigenvalue weighted by Gasteiger charge is 2.51. The lowest BCUT2D eigenvalue weighted by Crippen LogP contribution is -2.43. The number of hydrogen-bond acceptors (Lipinski definition) is 7. The Hall–Kier alpha value is -3.07. The van der Waals surface area contributed by atoms with Crippen molar-refractivity contribution in [2.75, 3.05) is 0 Å². The van der Waals surface area contributed by atoms with E-state index in [-0.39, 0.29) is 35.5 Å². The minimum absolute atomic E-state index is 0.0779. The fourth-order valence-electron chi connectivity index (χ4n) is 8.08. The lowest BCUT2D eigenvalue weighted by atomic mass is 9.65. The van der Waals surface area contributed by atoms with Crippen molar-refractivity contribution in [2.24, 2.45) is 47.3 Å². The fourth-order valence-corrected chi connectivity index (χ4v) is 8.08. The summed E-state index contributed by atoms with van der Waals surface area (Å²) in [6.07, 6.45) is 12.7. The molecule has 2 fully saturated rings. The molecule has 0 amide bonds. The third-order valence-corrected chi connectivity index (χ3v) is 10.9. The van der Waals surface area contributed by atoms with Crippen molar-refractivity contribution >= 4 is 17.9 Å². The van der Waals surface area contributed by atoms with Gasteiger partial charge in [0.25, 0.3) is 0 Å². The Balaban J connectivity index is 1.69. The van der Waals surface area contributed by atoms with Crippen molar-refractivity contribution in [3.05, 3.63) is 69.9 Å². The number of aliphatic hydroxyl groups is 3. The number of allylic oxidation sites excluding steroid dienone is 7. The minimum Gasteiger partial charge on any atom is -0.481 e. The maximum Gasteiger partial charge on any atom is 0.341 e. The highest BCUT2D eigenvalue weighted by Crippen LogP contribution is 2.53. The van der Waals surface area contributed by atoms with Gasteiger partial charge in [0, 0.05) is 23.3 Å². The highest BCUT2D eigenvalue weighted by molar-refractivity contribution is 5.99. The first-order valence-electron chi connectivity index (χ1n) is 16.8. The van der Waals surface area contributed by atoms with Crippen molar-refractivity contribution in [3.8, 4) is 0 Å². The smallest absolute Gasteiger partial charge is 0.341 e. The van der Waals surface area contributed by atoms with Crippen LogP contribution in [0.1, 0.15) is 80.6 Å². The third kappa shape index (κ3) is 7.40. The molecule has 252 valence electrons. The molecule has 1 aliphatic heterocycles. The van der Waals surface area contributed by atoms with E-state index in [2.05, 4.69) is 12.2 Å². The maximum absolute atomic E-state index is 13.9. The predicted molar refractivity (Wildman–Crippen MR) is 176 cm³/mol. The molecule has 11 unspecified atom stereocenters. The summed E-state index contributed by atoms with van der Waals surface area (Å²) >= 11 is 0. The predicted octanol–water partition coefficient (Wildman–Crippen LogP) is 5.86. The molecule has 8 heteroatoms. The van der Waals surface area contributed by atoms with Crippen LogP contribution in [0.3, 0.4) is 0 Å². The number of carboxylic acid groups (broad SMARTS) is 1. The van der Waals surface area contributed by atoms with Crippen LogP contribution in [-0.2, 0) is 19.1 Å². The number of carbonyl (C=O) groups excluding carboxylic acids is 2. The Morgan fingerprint density at radius 1 is 1.09 bits per heavy atom. The molecule has 4 rings (SSSR count). The van der Waals surface area contributed by atoms with E-state index in [1.54, 1.807) is 6.92 Å². The van der Waals surface area contributed by atoms with Crippen LogP contribution in [0.4, 0.5) is 0 Å². The molecule has 1 heterocycles. The lowest BCUT2D eigenvalue weighted by molar-refractivity contribution is -0.162. The Labute approximate surface area is 273 Å². The molecular weight excluding hydrogens is 584 g/mol. The average Bonchev–Trinajstić information content (AvgIpc) is 3.21. The van der Waals surface area contributed by atoms with Gasteiger partial charge in [0.05, 0.1) is 30.1 Å². The molecule has 0 spiro atoms. The van der Waals surface area contributed by atoms with E-state index in [1.165, 1.54) is 6.92 Å². The second-order valence-electron chi connectivity index (χ2n) is 14.4. The van der Waals surface area contributed by atoms with Gasteiger partial charge in [0.15, 0.2) is 0 Å². The summed E-state index contributed by atoms with van der Waals surface area (Å²) in [5.41, 5.74) is 4.99. The number of ether oxygens (including phenoxy) is 1. The van der Waals surface area contributed by atoms with Crippen LogP contribution in [0.5, 0.6) is 0 Å². The standard InChI is InChI=1S/C38H52O8/c1-19(15-20(2)16-30(39)25(7)36(42)43)11-9-8-10-12-26-22(4)17-29-27(14-13-21(3)35(29)41)34-33(26)32-24(6)31(40)18-28(32)23(5)37(44)46-38(34)45/h8-12,17,20-21,24-27,29-31,34-35,39-41H,13-16,18H2,1-7H3,(H,42,43)/b9-8+,12-10+,19-11+,28-23-,33-32?. The molecule has 46 heavy (non-hydrogen) atoms. The number of carbonyl (C=O) groups is 3. The van der Waals surface area contributed by atoms with Crippen LogP contribution in [0.2, 0.25) is 0 Å². The fraction of sp³-hybridized carbons (Fsp3) is 0.605. The van der Waals surface area contributed by atoms with Crippen LogP contribution < -0.4 is 0 Å². The first-order valence-corrected chi connectivity index (χ1v) is 16.8. The summed E-state index contributed by atoms with van der Waals surface area (Å²) in [4.78, 5) is 38.1. The number of carboxylic acids is 1. The van der Waals surface area contributed by atoms with Crippen molar-refractivity contribution in [2.45, 2.75) is 98.9 Å². The van der Waals surface area contributed by atoms with E-state index in [0.29, 0.717) is 18.4 Å². The number of esters is 2. The molecule has 11 atom stereocenters. The Bertz CT molecular complexity index is 1390. The Morgan fingerprint density at radius 2 is 1.78 bits per heavy atom. The molecule has 0 radical (unpaired) electrons. The van der Waals surface area contributed by atoms with Gasteiger partial charge in [-0.2, -0.15) is 0 Å². The van der Waals surface area contributed by atoms with Crippen LogP contribution in [0.15, 0.2) is 69.9 Å². The number of rotatable bonds is 9. The third-order valence-electron chi connectivity index (χ3n) is 10.9. The van der Waals surface area contributed by atoms with Gasteiger partial charge in [0.2, 0.25) is 0 Å². The van der Waals surface area contributed by atoms with Crippen LogP contribution in [-0.4, -0.2) is 56.6 Å². The number of cyclic esters (lactones) is 2. The number of aliphatic hydroxyl groups excluding tert-OH is 3. The second-order valence-corrected chi connectivity index (χ2v) is 14.4. The molecule has 8 nitrogen and oxygen atoms in total. The second kappa shape index (κ2) is 14.8. The van der Waals surface area contributed by atoms with E-state index >= 15 is 0 Å². The summed E-state index contributed by atoms with van der Waals surface area (Å²) in [7, 11) is 0. The van der Waals surface area contributed by atoms with Gasteiger partial charge in [-0.1, -0.05) is 68.4 Å². The van der Waals surface area contributed by atoms with E-state index in [4.69, 9.17) is 9.84 Å². The maximum atomic E-state index is 13.9. The van der Waals surface area contributed by atoms with E-state index in [0.717, 1.165) is 47.1 Å². The molecule has 0 aromatic carbocycles. The first-order chi connectivity index (χ1) is 21.6. The molecule has 3 aliphatic carbocycles. The molecule has 2 saturated carbocycles. The lowest BCUT2D eigenvalue weighted by Gasteiger charge is -2.41. The molecule has 4 aliphatic rings. The SMILES string of the molecule is CC1=CC2C(O)C(C)CCC2C2C(=O)OC(=O)/C(C)=C3/CC(O)C(C)C3=C2C1/C=C/C=C/C=C(\C)CC(C)CC(O)C(C)C(=O)O. The first kappa shape index (κ1) is 35.8. The van der Waals surface area contributed by atoms with E-state index in [1.807, 2.05) is 58.9 Å². The molecule has 0 bridgehead atoms. The van der Waals surface area contributed by atoms with Gasteiger partial charge in [-0.15, -0.1) is 0 Å². The van der Waals surface area contributed by atoms with E-state index in [9.17, 15) is 29.7 Å². The van der Waals surface area contributed by atoms with Gasteiger partial charge in [-0.25, -0.2) is 4.79 Å². The van der Waals surface area contributed by atoms with Gasteiger partial charge in [0.1, 0.15) is 0 Å². The Morgan fingerprint density at radius 3 is 2.46 bits per heavy atom. The molecule has 0 aromatic rings. The van der Waals surface area contributed by atoms with Crippen LogP contribution >= 0.6 is 0 Å². The minimum atomic E-state index is -1.00. The van der Waals surface area contributed by atoms with Crippen molar-refractivity contribution < 1.29 is 39.5 Å². The zero-order valence-corrected chi connectivity index (χ0v) is 28.3. The summed E-state index contributed by atoms with van der Waals surface area (Å²) in [5, 5.41) is 41.7. The molecular formula is C38H52O8. The van der Waals surface area contributed by atoms with Gasteiger partial charge in [-0.05, 0) is 94.3 Å². The zero-order valence-electron chi connectivity index (χ0n) is 28.3. The number of fused-ring (bicyclic) bond motifs is 4. The quantitative estimate of drug-likeness (QED) is 0.107. The van der Waals surface area contributed by atoms with Crippen LogP contribution in [0, 0.1) is 47.3 Å². The monoisotopic (exact) mass is 636 g/mol. The average molecular weight is 637 g/mol. The van der Waals surface area contributed by atoms with Crippen molar-refractivity contribution in [3.63, 3.8) is 0 Å². The van der Waals surface area contributed by atoms with E-state index < -0.39 is 48.1 Å². The van der Waals surface area contributed by atoms with Gasteiger partial charge < -0.3 is 25.2 Å². The van der Waals surface area contributed by atoms with Crippen molar-refractivity contribution in [1.82, 2.24) is 0 Å². The van der Waals surface area contributed by atoms with Crippen LogP contribution in [0.25, 0.3) is 0 Å². The van der Waals surface area contributed by atoms with Gasteiger partial charge in [-0.3, -0.25) is 9.59 Å².